The van der Waals surface area contributed by atoms with Crippen LogP contribution in [0, 0.1) is 0 Å². The van der Waals surface area contributed by atoms with Crippen LogP contribution in [0.25, 0.3) is 11.1 Å². The van der Waals surface area contributed by atoms with Crippen LogP contribution < -0.4 is 4.74 Å². The summed E-state index contributed by atoms with van der Waals surface area (Å²) in [6.07, 6.45) is -0.900. The van der Waals surface area contributed by atoms with Gasteiger partial charge in [0.1, 0.15) is 5.75 Å². The second kappa shape index (κ2) is 7.87. The van der Waals surface area contributed by atoms with Gasteiger partial charge in [0.25, 0.3) is 0 Å². The quantitative estimate of drug-likeness (QED) is 0.556. The molecule has 0 unspecified atom stereocenters. The molecular formula is C20H18ClF3O3S. The van der Waals surface area contributed by atoms with E-state index in [2.05, 4.69) is 0 Å². The van der Waals surface area contributed by atoms with Crippen molar-refractivity contribution in [3.63, 3.8) is 0 Å². The summed E-state index contributed by atoms with van der Waals surface area (Å²) in [5.41, 5.74) is 0.394. The van der Waals surface area contributed by atoms with Gasteiger partial charge in [-0.1, -0.05) is 30.2 Å². The Balaban J connectivity index is 2.12. The minimum Gasteiger partial charge on any atom is -0.482 e. The molecular weight excluding hydrogens is 413 g/mol. The topological polar surface area (TPSA) is 46.5 Å². The molecule has 1 N–H and O–H groups in total. The van der Waals surface area contributed by atoms with Gasteiger partial charge in [-0.2, -0.15) is 13.2 Å². The lowest BCUT2D eigenvalue weighted by atomic mass is 9.64. The summed E-state index contributed by atoms with van der Waals surface area (Å²) < 4.78 is 43.1. The van der Waals surface area contributed by atoms with E-state index in [-0.39, 0.29) is 10.8 Å². The number of hydrogen-bond donors (Lipinski definition) is 1. The van der Waals surface area contributed by atoms with Gasteiger partial charge in [-0.3, -0.25) is 4.79 Å². The number of thioether (sulfide) groups is 1. The van der Waals surface area contributed by atoms with Crippen molar-refractivity contribution in [1.29, 1.82) is 0 Å². The van der Waals surface area contributed by atoms with E-state index in [4.69, 9.17) is 16.3 Å². The Morgan fingerprint density at radius 1 is 1.25 bits per heavy atom. The summed E-state index contributed by atoms with van der Waals surface area (Å²) >= 11 is 7.81. The molecule has 0 aliphatic heterocycles. The highest BCUT2D eigenvalue weighted by Crippen LogP contribution is 2.48. The van der Waals surface area contributed by atoms with Crippen molar-refractivity contribution >= 4 is 29.3 Å². The molecule has 150 valence electrons. The van der Waals surface area contributed by atoms with Crippen molar-refractivity contribution in [2.24, 2.45) is 0 Å². The van der Waals surface area contributed by atoms with Crippen molar-refractivity contribution in [2.45, 2.75) is 35.7 Å². The third kappa shape index (κ3) is 4.10. The zero-order chi connectivity index (χ0) is 20.5. The Labute approximate surface area is 169 Å². The molecule has 0 aromatic heterocycles. The summed E-state index contributed by atoms with van der Waals surface area (Å²) in [5, 5.41) is 9.68. The number of carboxylic acids is 1. The van der Waals surface area contributed by atoms with E-state index in [9.17, 15) is 23.1 Å². The summed E-state index contributed by atoms with van der Waals surface area (Å²) in [6.45, 7) is -1.48. The van der Waals surface area contributed by atoms with Gasteiger partial charge in [-0.05, 0) is 54.5 Å². The van der Waals surface area contributed by atoms with Crippen molar-refractivity contribution in [3.05, 3.63) is 47.0 Å². The number of carboxylic acid groups (broad SMARTS) is 1. The Bertz CT molecular complexity index is 878. The van der Waals surface area contributed by atoms with Crippen LogP contribution in [0.15, 0.2) is 41.3 Å². The highest BCUT2D eigenvalue weighted by atomic mass is 35.5. The number of ether oxygens (including phenoxy) is 1. The van der Waals surface area contributed by atoms with Gasteiger partial charge in [-0.25, -0.2) is 0 Å². The average Bonchev–Trinajstić information content (AvgIpc) is 2.58. The summed E-state index contributed by atoms with van der Waals surface area (Å²) in [5.74, 6) is -1.05. The van der Waals surface area contributed by atoms with E-state index in [1.807, 2.05) is 18.4 Å². The average molecular weight is 431 g/mol. The minimum absolute atomic E-state index is 0.0294. The Morgan fingerprint density at radius 2 is 1.89 bits per heavy atom. The maximum atomic E-state index is 12.7. The van der Waals surface area contributed by atoms with E-state index < -0.39 is 24.2 Å². The molecule has 2 aromatic rings. The van der Waals surface area contributed by atoms with Crippen molar-refractivity contribution in [2.75, 3.05) is 12.9 Å². The molecule has 0 atom stereocenters. The number of hydrogen-bond acceptors (Lipinski definition) is 3. The molecule has 0 heterocycles. The van der Waals surface area contributed by atoms with Crippen LogP contribution in [0.5, 0.6) is 5.75 Å². The minimum atomic E-state index is -4.52. The number of benzene rings is 2. The van der Waals surface area contributed by atoms with Gasteiger partial charge >= 0.3 is 12.1 Å². The zero-order valence-corrected chi connectivity index (χ0v) is 16.5. The highest BCUT2D eigenvalue weighted by Gasteiger charge is 2.46. The maximum absolute atomic E-state index is 12.7. The molecule has 3 rings (SSSR count). The number of alkyl halides is 3. The molecule has 0 amide bonds. The summed E-state index contributed by atoms with van der Waals surface area (Å²) in [4.78, 5) is 12.9. The third-order valence-electron chi connectivity index (χ3n) is 4.99. The molecule has 3 nitrogen and oxygen atoms in total. The van der Waals surface area contributed by atoms with Crippen LogP contribution in [0.4, 0.5) is 13.2 Å². The Morgan fingerprint density at radius 3 is 2.36 bits per heavy atom. The second-order valence-corrected chi connectivity index (χ2v) is 7.99. The summed E-state index contributed by atoms with van der Waals surface area (Å²) in [7, 11) is 0. The molecule has 28 heavy (non-hydrogen) atoms. The zero-order valence-electron chi connectivity index (χ0n) is 15.0. The number of halogens is 4. The fourth-order valence-electron chi connectivity index (χ4n) is 3.31. The van der Waals surface area contributed by atoms with Crippen LogP contribution in [0.2, 0.25) is 5.02 Å². The van der Waals surface area contributed by atoms with E-state index in [0.29, 0.717) is 29.5 Å². The first-order valence-corrected chi connectivity index (χ1v) is 10.2. The van der Waals surface area contributed by atoms with Crippen LogP contribution in [0.3, 0.4) is 0 Å². The molecule has 1 aliphatic rings. The monoisotopic (exact) mass is 430 g/mol. The molecule has 0 bridgehead atoms. The van der Waals surface area contributed by atoms with Crippen molar-refractivity contribution in [1.82, 2.24) is 0 Å². The molecule has 2 aromatic carbocycles. The molecule has 8 heteroatoms. The fraction of sp³-hybridized carbons (Fsp3) is 0.350. The van der Waals surface area contributed by atoms with Crippen molar-refractivity contribution < 1.29 is 27.8 Å². The van der Waals surface area contributed by atoms with E-state index in [1.54, 1.807) is 18.2 Å². The van der Waals surface area contributed by atoms with Gasteiger partial charge in [0.2, 0.25) is 0 Å². The number of carbonyl (C=O) groups is 1. The molecule has 1 saturated carbocycles. The van der Waals surface area contributed by atoms with Gasteiger partial charge in [0.15, 0.2) is 6.61 Å². The summed E-state index contributed by atoms with van der Waals surface area (Å²) in [6, 6.07) is 10.2. The third-order valence-corrected chi connectivity index (χ3v) is 6.02. The smallest absolute Gasteiger partial charge is 0.422 e. The largest absolute Gasteiger partial charge is 0.482 e. The van der Waals surface area contributed by atoms with Crippen molar-refractivity contribution in [3.8, 4) is 16.9 Å². The van der Waals surface area contributed by atoms with Crippen LogP contribution >= 0.6 is 23.4 Å². The predicted molar refractivity (Wildman–Crippen MR) is 103 cm³/mol. The number of aliphatic carboxylic acids is 1. The van der Waals surface area contributed by atoms with Crippen LogP contribution in [-0.2, 0) is 10.2 Å². The van der Waals surface area contributed by atoms with E-state index >= 15 is 0 Å². The van der Waals surface area contributed by atoms with Crippen LogP contribution in [0.1, 0.15) is 24.8 Å². The molecule has 0 saturated heterocycles. The lowest BCUT2D eigenvalue weighted by Crippen LogP contribution is -2.42. The SMILES string of the molecule is CSc1ccc(-c2cc(C3(C(=O)O)CCC3)cc(Cl)c2OCC(F)(F)F)cc1. The fourth-order valence-corrected chi connectivity index (χ4v) is 3.99. The lowest BCUT2D eigenvalue weighted by molar-refractivity contribution is -0.153. The molecule has 0 radical (unpaired) electrons. The Kier molecular flexibility index (Phi) is 5.87. The van der Waals surface area contributed by atoms with E-state index in [1.165, 1.54) is 17.8 Å². The first-order valence-electron chi connectivity index (χ1n) is 8.58. The van der Waals surface area contributed by atoms with Gasteiger partial charge in [-0.15, -0.1) is 11.8 Å². The first-order chi connectivity index (χ1) is 13.2. The Hall–Kier alpha value is -1.86. The van der Waals surface area contributed by atoms with E-state index in [0.717, 1.165) is 11.3 Å². The molecule has 0 spiro atoms. The lowest BCUT2D eigenvalue weighted by Gasteiger charge is -2.38. The molecule has 1 fully saturated rings. The maximum Gasteiger partial charge on any atom is 0.422 e. The standard InChI is InChI=1S/C20H18ClF3O3S/c1-28-14-5-3-12(4-6-14)15-9-13(19(18(25)26)7-2-8-19)10-16(21)17(15)27-11-20(22,23)24/h3-6,9-10H,2,7-8,11H2,1H3,(H,25,26). The van der Waals surface area contributed by atoms with Gasteiger partial charge in [0.05, 0.1) is 10.4 Å². The van der Waals surface area contributed by atoms with Crippen LogP contribution in [-0.4, -0.2) is 30.1 Å². The normalized spacial score (nSPS) is 15.8. The second-order valence-electron chi connectivity index (χ2n) is 6.71. The van der Waals surface area contributed by atoms with Gasteiger partial charge in [0, 0.05) is 10.5 Å². The number of rotatable bonds is 6. The first kappa shape index (κ1) is 20.9. The molecule has 1 aliphatic carbocycles. The highest BCUT2D eigenvalue weighted by molar-refractivity contribution is 7.98. The predicted octanol–water partition coefficient (Wildman–Crippen LogP) is 6.18. The van der Waals surface area contributed by atoms with Gasteiger partial charge < -0.3 is 9.84 Å².